The second-order valence-electron chi connectivity index (χ2n) is 5.64. The van der Waals surface area contributed by atoms with Gasteiger partial charge in [-0.3, -0.25) is 0 Å². The molecule has 2 atom stereocenters. The standard InChI is InChI=1S/C15H24N4O/c1-3-16-14-10-15(18-11(2)17-14)19-8-9-20-13-7-5-4-6-12(13)19/h10,12-13H,3-9H2,1-2H3,(H,16,17,18). The molecule has 1 aliphatic heterocycles. The van der Waals surface area contributed by atoms with Gasteiger partial charge in [0.25, 0.3) is 0 Å². The van der Waals surface area contributed by atoms with Crippen molar-refractivity contribution in [3.63, 3.8) is 0 Å². The Labute approximate surface area is 120 Å². The van der Waals surface area contributed by atoms with Crippen LogP contribution in [0.25, 0.3) is 0 Å². The van der Waals surface area contributed by atoms with Crippen molar-refractivity contribution >= 4 is 11.6 Å². The Balaban J connectivity index is 1.86. The SMILES string of the molecule is CCNc1cc(N2CCOC3CCCCC32)nc(C)n1. The van der Waals surface area contributed by atoms with Gasteiger partial charge in [-0.05, 0) is 26.7 Å². The van der Waals surface area contributed by atoms with Crippen molar-refractivity contribution in [2.24, 2.45) is 0 Å². The van der Waals surface area contributed by atoms with Gasteiger partial charge in [0.05, 0.1) is 18.8 Å². The van der Waals surface area contributed by atoms with Crippen LogP contribution in [0.15, 0.2) is 6.07 Å². The predicted molar refractivity (Wildman–Crippen MR) is 80.3 cm³/mol. The quantitative estimate of drug-likeness (QED) is 0.918. The van der Waals surface area contributed by atoms with E-state index >= 15 is 0 Å². The summed E-state index contributed by atoms with van der Waals surface area (Å²) in [5, 5.41) is 3.29. The van der Waals surface area contributed by atoms with Gasteiger partial charge in [-0.2, -0.15) is 0 Å². The smallest absolute Gasteiger partial charge is 0.134 e. The van der Waals surface area contributed by atoms with Crippen molar-refractivity contribution in [2.45, 2.75) is 51.7 Å². The molecule has 5 heteroatoms. The molecule has 2 unspecified atom stereocenters. The van der Waals surface area contributed by atoms with Crippen LogP contribution >= 0.6 is 0 Å². The van der Waals surface area contributed by atoms with E-state index in [9.17, 15) is 0 Å². The Kier molecular flexibility index (Phi) is 4.05. The summed E-state index contributed by atoms with van der Waals surface area (Å²) in [5.74, 6) is 2.81. The first-order chi connectivity index (χ1) is 9.78. The summed E-state index contributed by atoms with van der Waals surface area (Å²) in [5.41, 5.74) is 0. The molecule has 110 valence electrons. The Morgan fingerprint density at radius 1 is 1.35 bits per heavy atom. The minimum Gasteiger partial charge on any atom is -0.374 e. The van der Waals surface area contributed by atoms with Crippen LogP contribution in [-0.4, -0.2) is 41.8 Å². The number of aryl methyl sites for hydroxylation is 1. The van der Waals surface area contributed by atoms with Crippen molar-refractivity contribution in [2.75, 3.05) is 29.9 Å². The molecule has 2 fully saturated rings. The van der Waals surface area contributed by atoms with E-state index in [0.717, 1.165) is 37.2 Å². The van der Waals surface area contributed by atoms with E-state index in [4.69, 9.17) is 4.74 Å². The minimum atomic E-state index is 0.385. The normalized spacial score (nSPS) is 26.2. The second-order valence-corrected chi connectivity index (χ2v) is 5.64. The maximum Gasteiger partial charge on any atom is 0.134 e. The number of hydrogen-bond acceptors (Lipinski definition) is 5. The van der Waals surface area contributed by atoms with E-state index in [1.165, 1.54) is 25.7 Å². The molecule has 2 aliphatic rings. The van der Waals surface area contributed by atoms with E-state index in [-0.39, 0.29) is 0 Å². The average molecular weight is 276 g/mol. The van der Waals surface area contributed by atoms with Crippen molar-refractivity contribution in [1.82, 2.24) is 9.97 Å². The lowest BCUT2D eigenvalue weighted by molar-refractivity contribution is -0.00900. The molecular weight excluding hydrogens is 252 g/mol. The largest absolute Gasteiger partial charge is 0.374 e. The first kappa shape index (κ1) is 13.6. The summed E-state index contributed by atoms with van der Waals surface area (Å²) in [7, 11) is 0. The molecule has 2 heterocycles. The van der Waals surface area contributed by atoms with Crippen molar-refractivity contribution < 1.29 is 4.74 Å². The molecule has 1 N–H and O–H groups in total. The fourth-order valence-corrected chi connectivity index (χ4v) is 3.35. The molecule has 1 aromatic heterocycles. The first-order valence-corrected chi connectivity index (χ1v) is 7.75. The summed E-state index contributed by atoms with van der Waals surface area (Å²) >= 11 is 0. The number of fused-ring (bicyclic) bond motifs is 1. The van der Waals surface area contributed by atoms with Crippen LogP contribution in [0, 0.1) is 6.92 Å². The second kappa shape index (κ2) is 5.95. The number of rotatable bonds is 3. The maximum absolute atomic E-state index is 5.94. The third-order valence-corrected chi connectivity index (χ3v) is 4.21. The van der Waals surface area contributed by atoms with Crippen LogP contribution in [0.1, 0.15) is 38.4 Å². The van der Waals surface area contributed by atoms with Crippen LogP contribution < -0.4 is 10.2 Å². The van der Waals surface area contributed by atoms with Crippen LogP contribution in [0.4, 0.5) is 11.6 Å². The maximum atomic E-state index is 5.94. The third-order valence-electron chi connectivity index (χ3n) is 4.21. The first-order valence-electron chi connectivity index (χ1n) is 7.75. The van der Waals surface area contributed by atoms with E-state index in [2.05, 4.69) is 33.2 Å². The fraction of sp³-hybridized carbons (Fsp3) is 0.733. The minimum absolute atomic E-state index is 0.385. The summed E-state index contributed by atoms with van der Waals surface area (Å²) < 4.78 is 5.94. The van der Waals surface area contributed by atoms with Crippen LogP contribution in [0.3, 0.4) is 0 Å². The molecular formula is C15H24N4O. The number of aromatic nitrogens is 2. The highest BCUT2D eigenvalue weighted by Gasteiger charge is 2.35. The van der Waals surface area contributed by atoms with Gasteiger partial charge >= 0.3 is 0 Å². The zero-order valence-electron chi connectivity index (χ0n) is 12.4. The molecule has 20 heavy (non-hydrogen) atoms. The molecule has 0 amide bonds. The molecule has 5 nitrogen and oxygen atoms in total. The number of nitrogens with one attached hydrogen (secondary N) is 1. The Morgan fingerprint density at radius 2 is 2.20 bits per heavy atom. The zero-order valence-corrected chi connectivity index (χ0v) is 12.4. The fourth-order valence-electron chi connectivity index (χ4n) is 3.35. The van der Waals surface area contributed by atoms with Gasteiger partial charge in [0.15, 0.2) is 0 Å². The van der Waals surface area contributed by atoms with Crippen molar-refractivity contribution in [1.29, 1.82) is 0 Å². The van der Waals surface area contributed by atoms with Gasteiger partial charge in [-0.25, -0.2) is 9.97 Å². The molecule has 1 saturated heterocycles. The average Bonchev–Trinajstić information content (AvgIpc) is 2.46. The van der Waals surface area contributed by atoms with Crippen molar-refractivity contribution in [3.05, 3.63) is 11.9 Å². The summed E-state index contributed by atoms with van der Waals surface area (Å²) in [6, 6.07) is 2.56. The van der Waals surface area contributed by atoms with Gasteiger partial charge in [0.1, 0.15) is 17.5 Å². The van der Waals surface area contributed by atoms with Crippen LogP contribution in [-0.2, 0) is 4.74 Å². The Morgan fingerprint density at radius 3 is 3.05 bits per heavy atom. The summed E-state index contributed by atoms with van der Waals surface area (Å²) in [6.07, 6.45) is 5.37. The molecule has 0 spiro atoms. The lowest BCUT2D eigenvalue weighted by Crippen LogP contribution is -2.53. The lowest BCUT2D eigenvalue weighted by atomic mass is 9.90. The van der Waals surface area contributed by atoms with Gasteiger partial charge in [-0.1, -0.05) is 12.8 Å². The van der Waals surface area contributed by atoms with E-state index in [1.807, 2.05) is 6.92 Å². The highest BCUT2D eigenvalue weighted by Crippen LogP contribution is 2.31. The predicted octanol–water partition coefficient (Wildman–Crippen LogP) is 2.36. The van der Waals surface area contributed by atoms with Gasteiger partial charge < -0.3 is 15.0 Å². The number of nitrogens with zero attached hydrogens (tertiary/aromatic N) is 3. The molecule has 0 radical (unpaired) electrons. The molecule has 0 aromatic carbocycles. The number of ether oxygens (including phenoxy) is 1. The molecule has 0 bridgehead atoms. The monoisotopic (exact) mass is 276 g/mol. The highest BCUT2D eigenvalue weighted by atomic mass is 16.5. The summed E-state index contributed by atoms with van der Waals surface area (Å²) in [6.45, 7) is 6.67. The van der Waals surface area contributed by atoms with Gasteiger partial charge in [-0.15, -0.1) is 0 Å². The van der Waals surface area contributed by atoms with Gasteiger partial charge in [0.2, 0.25) is 0 Å². The number of morpholine rings is 1. The molecule has 1 saturated carbocycles. The van der Waals surface area contributed by atoms with E-state index in [0.29, 0.717) is 12.1 Å². The molecule has 1 aliphatic carbocycles. The number of hydrogen-bond donors (Lipinski definition) is 1. The Hall–Kier alpha value is -1.36. The van der Waals surface area contributed by atoms with E-state index in [1.54, 1.807) is 0 Å². The van der Waals surface area contributed by atoms with E-state index < -0.39 is 0 Å². The summed E-state index contributed by atoms with van der Waals surface area (Å²) in [4.78, 5) is 11.5. The van der Waals surface area contributed by atoms with Crippen LogP contribution in [0.5, 0.6) is 0 Å². The Bertz CT molecular complexity index is 463. The highest BCUT2D eigenvalue weighted by molar-refractivity contribution is 5.50. The molecule has 3 rings (SSSR count). The lowest BCUT2D eigenvalue weighted by Gasteiger charge is -2.44. The molecule has 1 aromatic rings. The van der Waals surface area contributed by atoms with Crippen LogP contribution in [0.2, 0.25) is 0 Å². The van der Waals surface area contributed by atoms with Crippen molar-refractivity contribution in [3.8, 4) is 0 Å². The third kappa shape index (κ3) is 2.73. The topological polar surface area (TPSA) is 50.3 Å². The van der Waals surface area contributed by atoms with Gasteiger partial charge in [0, 0.05) is 19.2 Å². The number of anilines is 2. The zero-order chi connectivity index (χ0) is 13.9.